The maximum Gasteiger partial charge on any atom is 0.165 e. The summed E-state index contributed by atoms with van der Waals surface area (Å²) >= 11 is 0. The highest BCUT2D eigenvalue weighted by Gasteiger charge is 2.03. The molecule has 0 fully saturated rings. The standard InChI is InChI=1S/C12H14FNO2/c1-8(5-9(2)15)7-16-12-6-10(14)3-4-11(12)13/h3-6H,7,14H2,1-2H3. The minimum Gasteiger partial charge on any atom is -0.486 e. The molecule has 0 atom stereocenters. The van der Waals surface area contributed by atoms with Crippen LogP contribution in [0.5, 0.6) is 5.75 Å². The number of allylic oxidation sites excluding steroid dienone is 1. The van der Waals surface area contributed by atoms with Gasteiger partial charge in [-0.2, -0.15) is 0 Å². The van der Waals surface area contributed by atoms with E-state index in [1.54, 1.807) is 6.92 Å². The van der Waals surface area contributed by atoms with E-state index in [2.05, 4.69) is 0 Å². The molecule has 0 radical (unpaired) electrons. The summed E-state index contributed by atoms with van der Waals surface area (Å²) < 4.78 is 18.4. The third-order valence-corrected chi connectivity index (χ3v) is 1.86. The van der Waals surface area contributed by atoms with E-state index in [4.69, 9.17) is 10.5 Å². The van der Waals surface area contributed by atoms with Gasteiger partial charge in [0.1, 0.15) is 6.61 Å². The van der Waals surface area contributed by atoms with Crippen molar-refractivity contribution in [1.29, 1.82) is 0 Å². The lowest BCUT2D eigenvalue weighted by Crippen LogP contribution is -2.02. The van der Waals surface area contributed by atoms with Gasteiger partial charge in [-0.25, -0.2) is 4.39 Å². The molecule has 0 amide bonds. The summed E-state index contributed by atoms with van der Waals surface area (Å²) in [7, 11) is 0. The predicted molar refractivity (Wildman–Crippen MR) is 60.7 cm³/mol. The van der Waals surface area contributed by atoms with Crippen molar-refractivity contribution in [2.45, 2.75) is 13.8 Å². The molecule has 4 heteroatoms. The summed E-state index contributed by atoms with van der Waals surface area (Å²) in [4.78, 5) is 10.8. The fraction of sp³-hybridized carbons (Fsp3) is 0.250. The topological polar surface area (TPSA) is 52.3 Å². The Hall–Kier alpha value is -1.84. The number of rotatable bonds is 4. The molecule has 0 aromatic heterocycles. The second-order valence-corrected chi connectivity index (χ2v) is 3.58. The molecule has 0 unspecified atom stereocenters. The number of benzene rings is 1. The summed E-state index contributed by atoms with van der Waals surface area (Å²) in [6.07, 6.45) is 1.45. The SMILES string of the molecule is CC(=O)C=C(C)COc1cc(N)ccc1F. The smallest absolute Gasteiger partial charge is 0.165 e. The normalized spacial score (nSPS) is 11.3. The summed E-state index contributed by atoms with van der Waals surface area (Å²) in [5.74, 6) is -0.435. The molecule has 2 N–H and O–H groups in total. The Bertz CT molecular complexity index is 427. The molecule has 1 rings (SSSR count). The van der Waals surface area contributed by atoms with E-state index in [0.717, 1.165) is 5.57 Å². The van der Waals surface area contributed by atoms with Crippen LogP contribution in [-0.4, -0.2) is 12.4 Å². The number of carbonyl (C=O) groups excluding carboxylic acids is 1. The minimum atomic E-state index is -0.468. The van der Waals surface area contributed by atoms with Gasteiger partial charge in [-0.15, -0.1) is 0 Å². The Labute approximate surface area is 93.7 Å². The van der Waals surface area contributed by atoms with Gasteiger partial charge in [0.2, 0.25) is 0 Å². The lowest BCUT2D eigenvalue weighted by atomic mass is 10.2. The fourth-order valence-corrected chi connectivity index (χ4v) is 1.21. The van der Waals surface area contributed by atoms with Crippen LogP contribution < -0.4 is 10.5 Å². The molecule has 0 bridgehead atoms. The van der Waals surface area contributed by atoms with Crippen molar-refractivity contribution in [3.63, 3.8) is 0 Å². The molecule has 0 saturated carbocycles. The fourth-order valence-electron chi connectivity index (χ4n) is 1.21. The number of ketones is 1. The van der Waals surface area contributed by atoms with Crippen LogP contribution >= 0.6 is 0 Å². The van der Waals surface area contributed by atoms with Crippen LogP contribution in [0.25, 0.3) is 0 Å². The third-order valence-electron chi connectivity index (χ3n) is 1.86. The van der Waals surface area contributed by atoms with E-state index >= 15 is 0 Å². The summed E-state index contributed by atoms with van der Waals surface area (Å²) in [5, 5.41) is 0. The molecule has 16 heavy (non-hydrogen) atoms. The first-order valence-electron chi connectivity index (χ1n) is 4.84. The van der Waals surface area contributed by atoms with E-state index in [1.807, 2.05) is 0 Å². The molecule has 0 aliphatic carbocycles. The summed E-state index contributed by atoms with van der Waals surface area (Å²) in [6.45, 7) is 3.36. The monoisotopic (exact) mass is 223 g/mol. The number of carbonyl (C=O) groups is 1. The highest BCUT2D eigenvalue weighted by Crippen LogP contribution is 2.20. The van der Waals surface area contributed by atoms with Gasteiger partial charge in [0.05, 0.1) is 0 Å². The third kappa shape index (κ3) is 3.73. The molecular weight excluding hydrogens is 209 g/mol. The van der Waals surface area contributed by atoms with Crippen molar-refractivity contribution < 1.29 is 13.9 Å². The van der Waals surface area contributed by atoms with Gasteiger partial charge in [-0.3, -0.25) is 4.79 Å². The Kier molecular flexibility index (Phi) is 4.05. The Morgan fingerprint density at radius 1 is 1.50 bits per heavy atom. The van der Waals surface area contributed by atoms with Crippen LogP contribution in [-0.2, 0) is 4.79 Å². The highest BCUT2D eigenvalue weighted by molar-refractivity contribution is 5.87. The van der Waals surface area contributed by atoms with Crippen LogP contribution in [0.1, 0.15) is 13.8 Å². The van der Waals surface area contributed by atoms with Gasteiger partial charge in [-0.05, 0) is 37.6 Å². The molecule has 3 nitrogen and oxygen atoms in total. The number of anilines is 1. The first kappa shape index (κ1) is 12.2. The maximum atomic E-state index is 13.2. The molecular formula is C12H14FNO2. The minimum absolute atomic E-state index is 0.0610. The van der Waals surface area contributed by atoms with Crippen LogP contribution in [0.4, 0.5) is 10.1 Å². The van der Waals surface area contributed by atoms with E-state index in [1.165, 1.54) is 31.2 Å². The maximum absolute atomic E-state index is 13.2. The molecule has 0 aliphatic rings. The van der Waals surface area contributed by atoms with Gasteiger partial charge < -0.3 is 10.5 Å². The zero-order valence-corrected chi connectivity index (χ0v) is 9.29. The van der Waals surface area contributed by atoms with E-state index in [0.29, 0.717) is 5.69 Å². The second-order valence-electron chi connectivity index (χ2n) is 3.58. The zero-order chi connectivity index (χ0) is 12.1. The largest absolute Gasteiger partial charge is 0.486 e. The lowest BCUT2D eigenvalue weighted by Gasteiger charge is -2.07. The number of hydrogen-bond acceptors (Lipinski definition) is 3. The van der Waals surface area contributed by atoms with Gasteiger partial charge in [0, 0.05) is 11.8 Å². The molecule has 0 spiro atoms. The van der Waals surface area contributed by atoms with Crippen LogP contribution in [0.15, 0.2) is 29.8 Å². The van der Waals surface area contributed by atoms with Gasteiger partial charge in [-0.1, -0.05) is 0 Å². The van der Waals surface area contributed by atoms with Gasteiger partial charge in [0.25, 0.3) is 0 Å². The molecule has 86 valence electrons. The number of halogens is 1. The van der Waals surface area contributed by atoms with Crippen molar-refractivity contribution in [2.24, 2.45) is 0 Å². The quantitative estimate of drug-likeness (QED) is 0.629. The average Bonchev–Trinajstić information content (AvgIpc) is 2.18. The lowest BCUT2D eigenvalue weighted by molar-refractivity contribution is -0.112. The second kappa shape index (κ2) is 5.30. The summed E-state index contributed by atoms with van der Waals surface area (Å²) in [6, 6.07) is 4.12. The predicted octanol–water partition coefficient (Wildman–Crippen LogP) is 2.32. The van der Waals surface area contributed by atoms with Gasteiger partial charge in [0.15, 0.2) is 17.3 Å². The molecule has 0 heterocycles. The van der Waals surface area contributed by atoms with Crippen molar-refractivity contribution in [2.75, 3.05) is 12.3 Å². The van der Waals surface area contributed by atoms with Crippen molar-refractivity contribution >= 4 is 11.5 Å². The number of nitrogens with two attached hydrogens (primary N) is 1. The number of nitrogen functional groups attached to an aromatic ring is 1. The van der Waals surface area contributed by atoms with Crippen molar-refractivity contribution in [3.05, 3.63) is 35.7 Å². The van der Waals surface area contributed by atoms with Crippen molar-refractivity contribution in [3.8, 4) is 5.75 Å². The Balaban J connectivity index is 2.68. The van der Waals surface area contributed by atoms with E-state index in [-0.39, 0.29) is 18.1 Å². The molecule has 0 aliphatic heterocycles. The van der Waals surface area contributed by atoms with Gasteiger partial charge >= 0.3 is 0 Å². The first-order valence-corrected chi connectivity index (χ1v) is 4.84. The average molecular weight is 223 g/mol. The molecule has 1 aromatic rings. The highest BCUT2D eigenvalue weighted by atomic mass is 19.1. The number of hydrogen-bond donors (Lipinski definition) is 1. The Morgan fingerprint density at radius 2 is 2.19 bits per heavy atom. The van der Waals surface area contributed by atoms with Crippen LogP contribution in [0, 0.1) is 5.82 Å². The Morgan fingerprint density at radius 3 is 2.81 bits per heavy atom. The first-order chi connectivity index (χ1) is 7.49. The molecule has 0 saturated heterocycles. The summed E-state index contributed by atoms with van der Waals surface area (Å²) in [5.41, 5.74) is 6.66. The molecule has 1 aromatic carbocycles. The van der Waals surface area contributed by atoms with E-state index < -0.39 is 5.82 Å². The van der Waals surface area contributed by atoms with E-state index in [9.17, 15) is 9.18 Å². The van der Waals surface area contributed by atoms with Crippen LogP contribution in [0.3, 0.4) is 0 Å². The zero-order valence-electron chi connectivity index (χ0n) is 9.29. The number of ether oxygens (including phenoxy) is 1. The van der Waals surface area contributed by atoms with Crippen LogP contribution in [0.2, 0.25) is 0 Å². The van der Waals surface area contributed by atoms with Crippen molar-refractivity contribution in [1.82, 2.24) is 0 Å².